The first kappa shape index (κ1) is 21.8. The van der Waals surface area contributed by atoms with Crippen LogP contribution in [-0.2, 0) is 4.79 Å². The molecule has 1 aliphatic heterocycles. The van der Waals surface area contributed by atoms with Crippen LogP contribution in [0.5, 0.6) is 0 Å². The van der Waals surface area contributed by atoms with E-state index in [-0.39, 0.29) is 42.8 Å². The molecule has 2 atom stereocenters. The summed E-state index contributed by atoms with van der Waals surface area (Å²) in [7, 11) is 0. The summed E-state index contributed by atoms with van der Waals surface area (Å²) in [5, 5.41) is 23.2. The number of halogens is 1. The van der Waals surface area contributed by atoms with Crippen molar-refractivity contribution >= 4 is 5.91 Å². The first-order chi connectivity index (χ1) is 11.7. The molecular formula is C15H28ClN6O3-. The van der Waals surface area contributed by atoms with Gasteiger partial charge in [0.25, 0.3) is 0 Å². The summed E-state index contributed by atoms with van der Waals surface area (Å²) in [6.07, 6.45) is 4.02. The van der Waals surface area contributed by atoms with Gasteiger partial charge in [-0.1, -0.05) is 0 Å². The minimum Gasteiger partial charge on any atom is -1.00 e. The lowest BCUT2D eigenvalue weighted by Crippen LogP contribution is -3.00. The van der Waals surface area contributed by atoms with Crippen LogP contribution >= 0.6 is 0 Å². The van der Waals surface area contributed by atoms with Crippen LogP contribution in [0.3, 0.4) is 0 Å². The van der Waals surface area contributed by atoms with Crippen molar-refractivity contribution in [3.05, 3.63) is 11.8 Å². The summed E-state index contributed by atoms with van der Waals surface area (Å²) >= 11 is 0. The third kappa shape index (κ3) is 6.52. The lowest BCUT2D eigenvalue weighted by atomic mass is 9.96. The molecule has 2 heterocycles. The van der Waals surface area contributed by atoms with Gasteiger partial charge in [-0.25, -0.2) is 0 Å². The number of amides is 1. The Labute approximate surface area is 153 Å². The van der Waals surface area contributed by atoms with Gasteiger partial charge in [0, 0.05) is 5.92 Å². The Morgan fingerprint density at radius 2 is 2.00 bits per heavy atom. The molecule has 0 aliphatic carbocycles. The number of unbranched alkanes of at least 4 members (excludes halogenated alkanes) is 1. The fraction of sp³-hybridized carbons (Fsp3) is 0.800. The number of carbonyl (C=O) groups is 1. The number of nitrogens with one attached hydrogen (secondary N) is 2. The minimum absolute atomic E-state index is 0. The Hall–Kier alpha value is -1.26. The van der Waals surface area contributed by atoms with Crippen LogP contribution < -0.4 is 34.5 Å². The van der Waals surface area contributed by atoms with Crippen molar-refractivity contribution < 1.29 is 26.7 Å². The van der Waals surface area contributed by atoms with E-state index in [2.05, 4.69) is 20.8 Å². The van der Waals surface area contributed by atoms with Crippen LogP contribution in [0.4, 0.5) is 0 Å². The lowest BCUT2D eigenvalue weighted by Gasteiger charge is -2.24. The highest BCUT2D eigenvalue weighted by molar-refractivity contribution is 5.79. The fourth-order valence-electron chi connectivity index (χ4n) is 2.74. The van der Waals surface area contributed by atoms with Crippen LogP contribution in [0.25, 0.3) is 0 Å². The topological polar surface area (TPSA) is 152 Å². The maximum absolute atomic E-state index is 12.5. The van der Waals surface area contributed by atoms with Gasteiger partial charge >= 0.3 is 0 Å². The molecule has 1 aromatic rings. The average molecular weight is 376 g/mol. The van der Waals surface area contributed by atoms with E-state index in [4.69, 9.17) is 21.0 Å². The minimum atomic E-state index is -0.712. The van der Waals surface area contributed by atoms with Crippen molar-refractivity contribution in [3.63, 3.8) is 0 Å². The highest BCUT2D eigenvalue weighted by Crippen LogP contribution is 2.22. The van der Waals surface area contributed by atoms with Gasteiger partial charge in [0.15, 0.2) is 0 Å². The number of aliphatic hydroxyl groups excluding tert-OH is 1. The normalized spacial score (nSPS) is 17.6. The molecule has 25 heavy (non-hydrogen) atoms. The van der Waals surface area contributed by atoms with Crippen molar-refractivity contribution in [3.8, 4) is 0 Å². The van der Waals surface area contributed by atoms with Gasteiger partial charge in [-0.3, -0.25) is 4.79 Å². The highest BCUT2D eigenvalue weighted by atomic mass is 35.5. The number of nitrogens with two attached hydrogens (primary N) is 2. The molecule has 1 aliphatic rings. The van der Waals surface area contributed by atoms with Gasteiger partial charge in [-0.05, 0) is 51.7 Å². The Morgan fingerprint density at radius 3 is 2.64 bits per heavy atom. The molecule has 0 spiro atoms. The highest BCUT2D eigenvalue weighted by Gasteiger charge is 2.27. The standard InChI is InChI=1S/C15H28N6O3.ClH/c16-6-2-1-3-12(15-21-20-14(24-15)11(17)9-22)19-13(23)10-4-7-18-8-5-10;/h10-12,18,22H,1-9,16-17H2,(H,19,23);1H/p-1/t11-,12-;/m0./s1. The number of carbonyl (C=O) groups excluding carboxylic acids is 1. The second kappa shape index (κ2) is 11.4. The van der Waals surface area contributed by atoms with Crippen molar-refractivity contribution in [1.82, 2.24) is 20.8 Å². The number of rotatable bonds is 9. The molecule has 0 saturated carbocycles. The van der Waals surface area contributed by atoms with E-state index in [0.717, 1.165) is 38.8 Å². The van der Waals surface area contributed by atoms with Crippen LogP contribution in [0.1, 0.15) is 56.0 Å². The summed E-state index contributed by atoms with van der Waals surface area (Å²) in [4.78, 5) is 12.5. The van der Waals surface area contributed by atoms with E-state index < -0.39 is 6.04 Å². The van der Waals surface area contributed by atoms with Crippen molar-refractivity contribution in [2.24, 2.45) is 17.4 Å². The molecule has 7 N–H and O–H groups in total. The molecule has 144 valence electrons. The maximum Gasteiger partial charge on any atom is 0.238 e. The van der Waals surface area contributed by atoms with Gasteiger partial charge in [0.1, 0.15) is 12.1 Å². The number of hydrogen-bond acceptors (Lipinski definition) is 8. The van der Waals surface area contributed by atoms with Crippen molar-refractivity contribution in [2.45, 2.75) is 44.2 Å². The van der Waals surface area contributed by atoms with E-state index >= 15 is 0 Å². The van der Waals surface area contributed by atoms with Crippen LogP contribution in [0.15, 0.2) is 4.42 Å². The van der Waals surface area contributed by atoms with Crippen LogP contribution in [0.2, 0.25) is 0 Å². The van der Waals surface area contributed by atoms with Crippen molar-refractivity contribution in [2.75, 3.05) is 26.2 Å². The molecule has 0 radical (unpaired) electrons. The second-order valence-corrected chi connectivity index (χ2v) is 6.14. The molecular weight excluding hydrogens is 348 g/mol. The van der Waals surface area contributed by atoms with E-state index in [1.54, 1.807) is 0 Å². The quantitative estimate of drug-likeness (QED) is 0.277. The van der Waals surface area contributed by atoms with Crippen LogP contribution in [0, 0.1) is 5.92 Å². The molecule has 0 bridgehead atoms. The lowest BCUT2D eigenvalue weighted by molar-refractivity contribution is -0.126. The summed E-state index contributed by atoms with van der Waals surface area (Å²) in [5.74, 6) is 0.520. The molecule has 2 rings (SSSR count). The third-order valence-electron chi connectivity index (χ3n) is 4.24. The summed E-state index contributed by atoms with van der Waals surface area (Å²) < 4.78 is 5.55. The Kier molecular flexibility index (Phi) is 9.91. The first-order valence-electron chi connectivity index (χ1n) is 8.56. The molecule has 10 heteroatoms. The van der Waals surface area contributed by atoms with Gasteiger partial charge in [-0.2, -0.15) is 0 Å². The largest absolute Gasteiger partial charge is 1.00 e. The fourth-order valence-corrected chi connectivity index (χ4v) is 2.74. The zero-order chi connectivity index (χ0) is 17.4. The van der Waals surface area contributed by atoms with Gasteiger partial charge in [0.05, 0.1) is 6.61 Å². The van der Waals surface area contributed by atoms with E-state index in [1.165, 1.54) is 0 Å². The Morgan fingerprint density at radius 1 is 1.32 bits per heavy atom. The third-order valence-corrected chi connectivity index (χ3v) is 4.24. The van der Waals surface area contributed by atoms with Crippen LogP contribution in [-0.4, -0.2) is 47.5 Å². The molecule has 1 amide bonds. The summed E-state index contributed by atoms with van der Waals surface area (Å²) in [5.41, 5.74) is 11.2. The average Bonchev–Trinajstić information content (AvgIpc) is 3.11. The first-order valence-corrected chi connectivity index (χ1v) is 8.56. The number of hydrogen-bond donors (Lipinski definition) is 5. The number of piperidine rings is 1. The number of aromatic nitrogens is 2. The molecule has 1 fully saturated rings. The molecule has 0 aromatic carbocycles. The summed E-state index contributed by atoms with van der Waals surface area (Å²) in [6.45, 7) is 2.03. The van der Waals surface area contributed by atoms with E-state index in [1.807, 2.05) is 0 Å². The van der Waals surface area contributed by atoms with Crippen molar-refractivity contribution in [1.29, 1.82) is 0 Å². The maximum atomic E-state index is 12.5. The molecule has 1 saturated heterocycles. The van der Waals surface area contributed by atoms with Gasteiger partial charge in [0.2, 0.25) is 17.7 Å². The molecule has 1 aromatic heterocycles. The predicted molar refractivity (Wildman–Crippen MR) is 87.7 cm³/mol. The zero-order valence-corrected chi connectivity index (χ0v) is 15.0. The smallest absolute Gasteiger partial charge is 0.238 e. The predicted octanol–water partition coefficient (Wildman–Crippen LogP) is -3.65. The van der Waals surface area contributed by atoms with Gasteiger partial charge in [-0.15, -0.1) is 10.2 Å². The number of nitrogens with zero attached hydrogens (tertiary/aromatic N) is 2. The molecule has 0 unspecified atom stereocenters. The zero-order valence-electron chi connectivity index (χ0n) is 14.3. The van der Waals surface area contributed by atoms with E-state index in [9.17, 15) is 4.79 Å². The monoisotopic (exact) mass is 375 g/mol. The van der Waals surface area contributed by atoms with Gasteiger partial charge < -0.3 is 44.0 Å². The number of aliphatic hydroxyl groups is 1. The summed E-state index contributed by atoms with van der Waals surface area (Å²) in [6, 6.07) is -1.07. The van der Waals surface area contributed by atoms with E-state index in [0.29, 0.717) is 18.9 Å². The molecule has 9 nitrogen and oxygen atoms in total. The SMILES string of the molecule is NCCCC[C@H](NC(=O)C1CCNCC1)c1nnc([C@@H](N)CO)o1.[Cl-]. The second-order valence-electron chi connectivity index (χ2n) is 6.14. The Bertz CT molecular complexity index is 509. The Balaban J connectivity index is 0.00000312.